The maximum Gasteiger partial charge on any atom is 0.306 e. The lowest BCUT2D eigenvalue weighted by atomic mass is 10.0. The van der Waals surface area contributed by atoms with Gasteiger partial charge in [-0.15, -0.1) is 0 Å². The van der Waals surface area contributed by atoms with E-state index in [1.807, 2.05) is 0 Å². The van der Waals surface area contributed by atoms with Gasteiger partial charge in [-0.25, -0.2) is 0 Å². The summed E-state index contributed by atoms with van der Waals surface area (Å²) in [6.07, 6.45) is 68.0. The molecule has 0 aliphatic rings. The van der Waals surface area contributed by atoms with Gasteiger partial charge in [0, 0.05) is 19.3 Å². The summed E-state index contributed by atoms with van der Waals surface area (Å²) in [6.45, 7) is 6.51. The van der Waals surface area contributed by atoms with Crippen LogP contribution in [-0.4, -0.2) is 37.2 Å². The predicted molar refractivity (Wildman–Crippen MR) is 284 cm³/mol. The van der Waals surface area contributed by atoms with Crippen molar-refractivity contribution in [1.82, 2.24) is 0 Å². The third-order valence-corrected chi connectivity index (χ3v) is 12.3. The van der Waals surface area contributed by atoms with Gasteiger partial charge >= 0.3 is 17.9 Å². The predicted octanol–water partition coefficient (Wildman–Crippen LogP) is 18.8. The largest absolute Gasteiger partial charge is 0.462 e. The van der Waals surface area contributed by atoms with Crippen LogP contribution in [0.4, 0.5) is 0 Å². The molecule has 66 heavy (non-hydrogen) atoms. The minimum Gasteiger partial charge on any atom is -0.462 e. The van der Waals surface area contributed by atoms with Gasteiger partial charge in [0.15, 0.2) is 6.10 Å². The SMILES string of the molecule is CC/C=C\C/C=C\C/C=C\C/C=C\C/C=C\CCCCCCCCCCCCCC(=O)OCC(COC(=O)CCCCCCCCCC)OC(=O)CCCCCCCCCCCCCCC. The number of unbranched alkanes of at least 4 members (excludes halogenated alkanes) is 30. The van der Waals surface area contributed by atoms with Crippen molar-refractivity contribution in [2.45, 2.75) is 290 Å². The monoisotopic (exact) mass is 923 g/mol. The van der Waals surface area contributed by atoms with Gasteiger partial charge in [-0.05, 0) is 64.2 Å². The molecule has 0 heterocycles. The number of carbonyl (C=O) groups is 3. The van der Waals surface area contributed by atoms with Gasteiger partial charge in [0.2, 0.25) is 0 Å². The summed E-state index contributed by atoms with van der Waals surface area (Å²) in [4.78, 5) is 37.9. The fourth-order valence-electron chi connectivity index (χ4n) is 8.06. The Morgan fingerprint density at radius 3 is 0.924 bits per heavy atom. The molecule has 0 N–H and O–H groups in total. The van der Waals surface area contributed by atoms with E-state index in [-0.39, 0.29) is 31.1 Å². The van der Waals surface area contributed by atoms with E-state index in [1.165, 1.54) is 154 Å². The maximum absolute atomic E-state index is 12.8. The van der Waals surface area contributed by atoms with Crippen molar-refractivity contribution in [1.29, 1.82) is 0 Å². The van der Waals surface area contributed by atoms with Crippen molar-refractivity contribution in [3.8, 4) is 0 Å². The van der Waals surface area contributed by atoms with Gasteiger partial charge < -0.3 is 14.2 Å². The Labute approximate surface area is 409 Å². The molecular formula is C60H106O6. The zero-order chi connectivity index (χ0) is 47.9. The molecule has 1 atom stereocenters. The highest BCUT2D eigenvalue weighted by Crippen LogP contribution is 2.16. The molecule has 0 aromatic heterocycles. The first-order valence-corrected chi connectivity index (χ1v) is 28.3. The highest BCUT2D eigenvalue weighted by atomic mass is 16.6. The molecule has 6 nitrogen and oxygen atoms in total. The van der Waals surface area contributed by atoms with Gasteiger partial charge in [-0.3, -0.25) is 14.4 Å². The highest BCUT2D eigenvalue weighted by molar-refractivity contribution is 5.71. The van der Waals surface area contributed by atoms with Crippen LogP contribution in [0.15, 0.2) is 60.8 Å². The molecule has 0 fully saturated rings. The number of rotatable bonds is 51. The topological polar surface area (TPSA) is 78.9 Å². The Bertz CT molecular complexity index is 1200. The number of allylic oxidation sites excluding steroid dienone is 10. The number of hydrogen-bond acceptors (Lipinski definition) is 6. The molecule has 0 aliphatic carbocycles. The van der Waals surface area contributed by atoms with E-state index in [2.05, 4.69) is 81.5 Å². The fraction of sp³-hybridized carbons (Fsp3) is 0.783. The van der Waals surface area contributed by atoms with Gasteiger partial charge in [0.25, 0.3) is 0 Å². The van der Waals surface area contributed by atoms with Crippen LogP contribution >= 0.6 is 0 Å². The quantitative estimate of drug-likeness (QED) is 0.0262. The molecule has 0 bridgehead atoms. The Morgan fingerprint density at radius 2 is 0.591 bits per heavy atom. The minimum atomic E-state index is -0.769. The summed E-state index contributed by atoms with van der Waals surface area (Å²) in [5.41, 5.74) is 0. The molecule has 0 amide bonds. The van der Waals surface area contributed by atoms with Crippen molar-refractivity contribution < 1.29 is 28.6 Å². The first-order valence-electron chi connectivity index (χ1n) is 28.3. The summed E-state index contributed by atoms with van der Waals surface area (Å²) in [5, 5.41) is 0. The van der Waals surface area contributed by atoms with Crippen LogP contribution in [0.1, 0.15) is 284 Å². The molecule has 0 rings (SSSR count). The van der Waals surface area contributed by atoms with Crippen LogP contribution in [0, 0.1) is 0 Å². The van der Waals surface area contributed by atoms with E-state index < -0.39 is 6.10 Å². The highest BCUT2D eigenvalue weighted by Gasteiger charge is 2.19. The van der Waals surface area contributed by atoms with Crippen LogP contribution in [0.3, 0.4) is 0 Å². The molecule has 0 aromatic carbocycles. The second kappa shape index (κ2) is 54.7. The van der Waals surface area contributed by atoms with Crippen LogP contribution in [0.2, 0.25) is 0 Å². The molecular weight excluding hydrogens is 817 g/mol. The average molecular weight is 924 g/mol. The minimum absolute atomic E-state index is 0.0709. The summed E-state index contributed by atoms with van der Waals surface area (Å²) in [7, 11) is 0. The zero-order valence-corrected chi connectivity index (χ0v) is 43.7. The van der Waals surface area contributed by atoms with E-state index in [1.54, 1.807) is 0 Å². The van der Waals surface area contributed by atoms with Gasteiger partial charge in [0.05, 0.1) is 0 Å². The lowest BCUT2D eigenvalue weighted by Crippen LogP contribution is -2.30. The third-order valence-electron chi connectivity index (χ3n) is 12.3. The van der Waals surface area contributed by atoms with Crippen molar-refractivity contribution >= 4 is 17.9 Å². The summed E-state index contributed by atoms with van der Waals surface area (Å²) in [5.74, 6) is -0.868. The summed E-state index contributed by atoms with van der Waals surface area (Å²) < 4.78 is 16.8. The Hall–Kier alpha value is -2.89. The fourth-order valence-corrected chi connectivity index (χ4v) is 8.06. The van der Waals surface area contributed by atoms with Crippen LogP contribution in [-0.2, 0) is 28.6 Å². The zero-order valence-electron chi connectivity index (χ0n) is 43.7. The lowest BCUT2D eigenvalue weighted by molar-refractivity contribution is -0.167. The summed E-state index contributed by atoms with van der Waals surface area (Å²) >= 11 is 0. The van der Waals surface area contributed by atoms with Crippen molar-refractivity contribution in [2.24, 2.45) is 0 Å². The molecule has 1 unspecified atom stereocenters. The molecule has 0 saturated carbocycles. The van der Waals surface area contributed by atoms with Crippen molar-refractivity contribution in [2.75, 3.05) is 13.2 Å². The first kappa shape index (κ1) is 63.1. The van der Waals surface area contributed by atoms with Crippen LogP contribution < -0.4 is 0 Å². The maximum atomic E-state index is 12.8. The molecule has 0 aromatic rings. The smallest absolute Gasteiger partial charge is 0.306 e. The van der Waals surface area contributed by atoms with Gasteiger partial charge in [0.1, 0.15) is 13.2 Å². The van der Waals surface area contributed by atoms with E-state index in [0.29, 0.717) is 19.3 Å². The Morgan fingerprint density at radius 1 is 0.318 bits per heavy atom. The van der Waals surface area contributed by atoms with Gasteiger partial charge in [-0.2, -0.15) is 0 Å². The third kappa shape index (κ3) is 52.1. The van der Waals surface area contributed by atoms with Crippen LogP contribution in [0.5, 0.6) is 0 Å². The van der Waals surface area contributed by atoms with E-state index >= 15 is 0 Å². The van der Waals surface area contributed by atoms with Crippen molar-refractivity contribution in [3.05, 3.63) is 60.8 Å². The second-order valence-electron chi connectivity index (χ2n) is 18.8. The molecule has 0 aliphatic heterocycles. The van der Waals surface area contributed by atoms with Gasteiger partial charge in [-0.1, -0.05) is 261 Å². The Balaban J connectivity index is 4.14. The molecule has 0 radical (unpaired) electrons. The number of ether oxygens (including phenoxy) is 3. The molecule has 6 heteroatoms. The van der Waals surface area contributed by atoms with E-state index in [4.69, 9.17) is 14.2 Å². The molecule has 0 saturated heterocycles. The molecule has 0 spiro atoms. The number of esters is 3. The lowest BCUT2D eigenvalue weighted by Gasteiger charge is -2.18. The number of hydrogen-bond donors (Lipinski definition) is 0. The normalized spacial score (nSPS) is 12.5. The first-order chi connectivity index (χ1) is 32.5. The summed E-state index contributed by atoms with van der Waals surface area (Å²) in [6, 6.07) is 0. The number of carbonyl (C=O) groups excluding carboxylic acids is 3. The standard InChI is InChI=1S/C60H106O6/c1-4-7-10-13-16-19-21-23-24-25-26-27-28-29-30-31-32-33-34-35-36-38-39-41-44-47-50-53-59(62)65-56-57(55-64-58(61)52-49-46-43-18-15-12-9-6-3)66-60(63)54-51-48-45-42-40-37-22-20-17-14-11-8-5-2/h7,10,16,19,23-24,26-27,29-30,57H,4-6,8-9,11-15,17-18,20-22,25,28,31-56H2,1-3H3/b10-7-,19-16-,24-23-,27-26-,30-29-. The molecule has 382 valence electrons. The van der Waals surface area contributed by atoms with Crippen molar-refractivity contribution in [3.63, 3.8) is 0 Å². The second-order valence-corrected chi connectivity index (χ2v) is 18.8. The Kier molecular flexibility index (Phi) is 52.3. The van der Waals surface area contributed by atoms with Crippen LogP contribution in [0.25, 0.3) is 0 Å². The van der Waals surface area contributed by atoms with E-state index in [0.717, 1.165) is 89.9 Å². The average Bonchev–Trinajstić information content (AvgIpc) is 3.31. The van der Waals surface area contributed by atoms with E-state index in [9.17, 15) is 14.4 Å².